The summed E-state index contributed by atoms with van der Waals surface area (Å²) in [6.45, 7) is 3.05. The second-order valence-electron chi connectivity index (χ2n) is 5.37. The number of nitrogens with zero attached hydrogens (tertiary/aromatic N) is 1. The van der Waals surface area contributed by atoms with Gasteiger partial charge in [0.1, 0.15) is 0 Å². The number of benzene rings is 1. The standard InChI is InChI=1S/C15H23N3O3S2/c1-2-16-15(18-13-8-11-23(20,21)12-13)17-9-10-22(19)14-6-4-3-5-7-14/h3-7,13H,2,8-12H2,1H3,(H2,16,17,18). The number of guanidine groups is 1. The van der Waals surface area contributed by atoms with E-state index >= 15 is 0 Å². The van der Waals surface area contributed by atoms with Crippen LogP contribution in [-0.4, -0.2) is 55.0 Å². The highest BCUT2D eigenvalue weighted by molar-refractivity contribution is 7.91. The molecule has 2 unspecified atom stereocenters. The van der Waals surface area contributed by atoms with Crippen molar-refractivity contribution >= 4 is 26.6 Å². The minimum Gasteiger partial charge on any atom is -0.357 e. The third-order valence-corrected chi connectivity index (χ3v) is 6.59. The number of aliphatic imine (C=N–C) groups is 1. The normalized spacial score (nSPS) is 21.8. The van der Waals surface area contributed by atoms with Crippen LogP contribution in [0, 0.1) is 0 Å². The molecule has 1 aliphatic heterocycles. The largest absolute Gasteiger partial charge is 0.357 e. The van der Waals surface area contributed by atoms with E-state index in [2.05, 4.69) is 15.6 Å². The van der Waals surface area contributed by atoms with Crippen LogP contribution in [0.25, 0.3) is 0 Å². The van der Waals surface area contributed by atoms with Crippen molar-refractivity contribution in [2.24, 2.45) is 4.99 Å². The predicted octanol–water partition coefficient (Wildman–Crippen LogP) is 0.536. The first-order chi connectivity index (χ1) is 11.0. The molecule has 1 aromatic carbocycles. The zero-order valence-corrected chi connectivity index (χ0v) is 14.8. The van der Waals surface area contributed by atoms with Crippen molar-refractivity contribution in [2.45, 2.75) is 24.3 Å². The van der Waals surface area contributed by atoms with Crippen LogP contribution < -0.4 is 10.6 Å². The maximum atomic E-state index is 12.1. The van der Waals surface area contributed by atoms with Gasteiger partial charge < -0.3 is 10.6 Å². The quantitative estimate of drug-likeness (QED) is 0.573. The lowest BCUT2D eigenvalue weighted by molar-refractivity contribution is 0.599. The highest BCUT2D eigenvalue weighted by Gasteiger charge is 2.28. The van der Waals surface area contributed by atoms with Crippen LogP contribution in [0.4, 0.5) is 0 Å². The van der Waals surface area contributed by atoms with Gasteiger partial charge in [0.05, 0.1) is 28.9 Å². The Hall–Kier alpha value is -1.41. The molecule has 2 N–H and O–H groups in total. The lowest BCUT2D eigenvalue weighted by Crippen LogP contribution is -2.44. The predicted molar refractivity (Wildman–Crippen MR) is 93.9 cm³/mol. The van der Waals surface area contributed by atoms with Crippen LogP contribution in [0.2, 0.25) is 0 Å². The number of hydrogen-bond donors (Lipinski definition) is 2. The first kappa shape index (κ1) is 17.9. The van der Waals surface area contributed by atoms with Gasteiger partial charge in [-0.3, -0.25) is 9.20 Å². The third kappa shape index (κ3) is 5.95. The summed E-state index contributed by atoms with van der Waals surface area (Å²) in [7, 11) is -4.00. The number of sulfone groups is 1. The second-order valence-corrected chi connectivity index (χ2v) is 9.17. The molecule has 23 heavy (non-hydrogen) atoms. The molecule has 0 saturated carbocycles. The average Bonchev–Trinajstić information content (AvgIpc) is 2.87. The minimum absolute atomic E-state index is 0.0996. The van der Waals surface area contributed by atoms with Crippen molar-refractivity contribution in [3.05, 3.63) is 30.3 Å². The van der Waals surface area contributed by atoms with Gasteiger partial charge >= 0.3 is 0 Å². The lowest BCUT2D eigenvalue weighted by Gasteiger charge is -2.15. The molecular formula is C15H23N3O3S2. The molecule has 0 radical (unpaired) electrons. The Bertz CT molecular complexity index is 660. The van der Waals surface area contributed by atoms with Gasteiger partial charge in [-0.05, 0) is 25.5 Å². The fraction of sp³-hybridized carbons (Fsp3) is 0.533. The van der Waals surface area contributed by atoms with Crippen molar-refractivity contribution < 1.29 is 12.6 Å². The summed E-state index contributed by atoms with van der Waals surface area (Å²) in [5, 5.41) is 6.24. The van der Waals surface area contributed by atoms with Gasteiger partial charge in [-0.15, -0.1) is 0 Å². The summed E-state index contributed by atoms with van der Waals surface area (Å²) in [6, 6.07) is 9.20. The summed E-state index contributed by atoms with van der Waals surface area (Å²) in [5.41, 5.74) is 0. The van der Waals surface area contributed by atoms with Crippen molar-refractivity contribution in [1.29, 1.82) is 0 Å². The SMILES string of the molecule is CCNC(=NCCS(=O)c1ccccc1)NC1CCS(=O)(=O)C1. The molecule has 0 aromatic heterocycles. The Morgan fingerprint density at radius 1 is 1.35 bits per heavy atom. The van der Waals surface area contributed by atoms with Crippen LogP contribution in [0.15, 0.2) is 40.2 Å². The molecule has 8 heteroatoms. The zero-order valence-electron chi connectivity index (χ0n) is 13.2. The van der Waals surface area contributed by atoms with E-state index in [1.807, 2.05) is 37.3 Å². The Morgan fingerprint density at radius 2 is 2.09 bits per heavy atom. The monoisotopic (exact) mass is 357 g/mol. The van der Waals surface area contributed by atoms with E-state index in [9.17, 15) is 12.6 Å². The van der Waals surface area contributed by atoms with Crippen LogP contribution in [0.3, 0.4) is 0 Å². The molecule has 128 valence electrons. The van der Waals surface area contributed by atoms with Crippen LogP contribution in [0.5, 0.6) is 0 Å². The maximum Gasteiger partial charge on any atom is 0.191 e. The van der Waals surface area contributed by atoms with Gasteiger partial charge in [0, 0.05) is 23.2 Å². The van der Waals surface area contributed by atoms with Gasteiger partial charge in [-0.25, -0.2) is 8.42 Å². The Balaban J connectivity index is 1.87. The molecular weight excluding hydrogens is 334 g/mol. The molecule has 1 fully saturated rings. The molecule has 0 amide bonds. The first-order valence-corrected chi connectivity index (χ1v) is 10.8. The molecule has 0 spiro atoms. The van der Waals surface area contributed by atoms with E-state index in [4.69, 9.17) is 0 Å². The first-order valence-electron chi connectivity index (χ1n) is 7.69. The molecule has 6 nitrogen and oxygen atoms in total. The van der Waals surface area contributed by atoms with Gasteiger partial charge in [-0.1, -0.05) is 18.2 Å². The zero-order chi connectivity index (χ0) is 16.7. The second kappa shape index (κ2) is 8.44. The Kier molecular flexibility index (Phi) is 6.59. The maximum absolute atomic E-state index is 12.1. The van der Waals surface area contributed by atoms with E-state index in [-0.39, 0.29) is 17.5 Å². The van der Waals surface area contributed by atoms with E-state index in [1.54, 1.807) is 0 Å². The Morgan fingerprint density at radius 3 is 2.70 bits per heavy atom. The summed E-state index contributed by atoms with van der Waals surface area (Å²) in [6.07, 6.45) is 0.600. The number of nitrogens with one attached hydrogen (secondary N) is 2. The van der Waals surface area contributed by atoms with E-state index in [0.717, 1.165) is 4.90 Å². The average molecular weight is 358 g/mol. The summed E-state index contributed by atoms with van der Waals surface area (Å²) in [4.78, 5) is 5.19. The highest BCUT2D eigenvalue weighted by Crippen LogP contribution is 2.11. The number of hydrogen-bond acceptors (Lipinski definition) is 4. The van der Waals surface area contributed by atoms with Gasteiger partial charge in [0.25, 0.3) is 0 Å². The molecule has 0 bridgehead atoms. The van der Waals surface area contributed by atoms with Gasteiger partial charge in [0.2, 0.25) is 0 Å². The summed E-state index contributed by atoms with van der Waals surface area (Å²) < 4.78 is 35.1. The van der Waals surface area contributed by atoms with Gasteiger partial charge in [0.15, 0.2) is 15.8 Å². The minimum atomic E-state index is -2.92. The molecule has 1 heterocycles. The van der Waals surface area contributed by atoms with Crippen molar-refractivity contribution in [3.8, 4) is 0 Å². The third-order valence-electron chi connectivity index (χ3n) is 3.47. The van der Waals surface area contributed by atoms with Crippen molar-refractivity contribution in [1.82, 2.24) is 10.6 Å². The molecule has 0 aliphatic carbocycles. The highest BCUT2D eigenvalue weighted by atomic mass is 32.2. The van der Waals surface area contributed by atoms with Crippen molar-refractivity contribution in [2.75, 3.05) is 30.3 Å². The smallest absolute Gasteiger partial charge is 0.191 e. The molecule has 1 aromatic rings. The van der Waals surface area contributed by atoms with Gasteiger partial charge in [-0.2, -0.15) is 0 Å². The van der Waals surface area contributed by atoms with Crippen LogP contribution in [-0.2, 0) is 20.6 Å². The molecule has 2 atom stereocenters. The summed E-state index contributed by atoms with van der Waals surface area (Å²) in [5.74, 6) is 1.39. The number of rotatable bonds is 6. The van der Waals surface area contributed by atoms with E-state index in [1.165, 1.54) is 0 Å². The fourth-order valence-electron chi connectivity index (χ4n) is 2.35. The fourth-order valence-corrected chi connectivity index (χ4v) is 4.98. The molecule has 2 rings (SSSR count). The van der Waals surface area contributed by atoms with E-state index < -0.39 is 20.6 Å². The summed E-state index contributed by atoms with van der Waals surface area (Å²) >= 11 is 0. The van der Waals surface area contributed by atoms with Crippen molar-refractivity contribution in [3.63, 3.8) is 0 Å². The Labute approximate surface area is 140 Å². The van der Waals surface area contributed by atoms with E-state index in [0.29, 0.717) is 31.2 Å². The van der Waals surface area contributed by atoms with Crippen LogP contribution in [0.1, 0.15) is 13.3 Å². The molecule has 1 aliphatic rings. The molecule has 1 saturated heterocycles. The lowest BCUT2D eigenvalue weighted by atomic mass is 10.3. The van der Waals surface area contributed by atoms with Crippen LogP contribution >= 0.6 is 0 Å². The topological polar surface area (TPSA) is 87.6 Å².